The van der Waals surface area contributed by atoms with Crippen LogP contribution in [0.15, 0.2) is 43.0 Å². The average Bonchev–Trinajstić information content (AvgIpc) is 3.26. The van der Waals surface area contributed by atoms with E-state index >= 15 is 0 Å². The van der Waals surface area contributed by atoms with Crippen molar-refractivity contribution in [3.8, 4) is 11.1 Å². The molecule has 6 nitrogen and oxygen atoms in total. The zero-order valence-electron chi connectivity index (χ0n) is 17.9. The molecule has 2 fully saturated rings. The van der Waals surface area contributed by atoms with E-state index in [1.807, 2.05) is 12.4 Å². The van der Waals surface area contributed by atoms with E-state index in [4.69, 9.17) is 14.5 Å². The van der Waals surface area contributed by atoms with Gasteiger partial charge in [-0.1, -0.05) is 4.68 Å². The normalized spacial score (nSPS) is 20.2. The molecule has 1 atom stereocenters. The average molecular weight is 434 g/mol. The van der Waals surface area contributed by atoms with Crippen LogP contribution in [0.5, 0.6) is 0 Å². The fourth-order valence-corrected chi connectivity index (χ4v) is 5.12. The van der Waals surface area contributed by atoms with Gasteiger partial charge in [-0.3, -0.25) is 9.97 Å². The fourth-order valence-electron chi connectivity index (χ4n) is 5.12. The molecule has 4 aromatic rings. The van der Waals surface area contributed by atoms with Crippen LogP contribution in [0, 0.1) is 5.82 Å². The Balaban J connectivity index is 1.56. The van der Waals surface area contributed by atoms with Crippen LogP contribution in [0.4, 0.5) is 4.39 Å². The fraction of sp³-hybridized carbons (Fsp3) is 0.400. The first-order valence-corrected chi connectivity index (χ1v) is 11.4. The van der Waals surface area contributed by atoms with Gasteiger partial charge < -0.3 is 9.47 Å². The number of hydrogen-bond acceptors (Lipinski definition) is 4. The molecule has 2 aliphatic rings. The Kier molecular flexibility index (Phi) is 5.08. The largest absolute Gasteiger partial charge is 0.381 e. The Bertz CT molecular complexity index is 1280. The maximum absolute atomic E-state index is 14.2. The number of H-pyrrole nitrogens is 1. The summed E-state index contributed by atoms with van der Waals surface area (Å²) in [6.45, 7) is 2.24. The SMILES string of the molecule is Fc1cncc(-c2c(C3CCOCC3)ncc3cc4c(c[nH][n+]4C4CCCCO4)cc23)c1. The Morgan fingerprint density at radius 1 is 0.969 bits per heavy atom. The van der Waals surface area contributed by atoms with Crippen molar-refractivity contribution in [2.75, 3.05) is 19.8 Å². The highest BCUT2D eigenvalue weighted by Gasteiger charge is 2.28. The van der Waals surface area contributed by atoms with Crippen LogP contribution in [0.2, 0.25) is 0 Å². The van der Waals surface area contributed by atoms with Crippen LogP contribution in [0.25, 0.3) is 32.8 Å². The maximum atomic E-state index is 14.2. The molecule has 0 saturated carbocycles. The summed E-state index contributed by atoms with van der Waals surface area (Å²) in [6.07, 6.45) is 12.1. The molecule has 0 amide bonds. The van der Waals surface area contributed by atoms with Gasteiger partial charge >= 0.3 is 0 Å². The van der Waals surface area contributed by atoms with Gasteiger partial charge in [-0.2, -0.15) is 5.10 Å². The molecule has 0 aliphatic carbocycles. The molecule has 0 radical (unpaired) electrons. The van der Waals surface area contributed by atoms with Gasteiger partial charge in [0.25, 0.3) is 6.23 Å². The molecule has 2 saturated heterocycles. The number of nitrogens with zero attached hydrogens (tertiary/aromatic N) is 3. The van der Waals surface area contributed by atoms with Crippen molar-refractivity contribution in [3.63, 3.8) is 0 Å². The van der Waals surface area contributed by atoms with Gasteiger partial charge in [-0.05, 0) is 43.2 Å². The zero-order chi connectivity index (χ0) is 21.5. The summed E-state index contributed by atoms with van der Waals surface area (Å²) < 4.78 is 27.9. The second kappa shape index (κ2) is 8.22. The van der Waals surface area contributed by atoms with E-state index < -0.39 is 0 Å². The number of ether oxygens (including phenoxy) is 2. The Morgan fingerprint density at radius 3 is 2.69 bits per heavy atom. The number of aromatic nitrogens is 4. The first kappa shape index (κ1) is 19.8. The number of pyridine rings is 2. The van der Waals surface area contributed by atoms with Crippen molar-refractivity contribution in [2.45, 2.75) is 44.2 Å². The second-order valence-corrected chi connectivity index (χ2v) is 8.76. The first-order chi connectivity index (χ1) is 15.8. The molecule has 6 rings (SSSR count). The minimum atomic E-state index is -0.340. The summed E-state index contributed by atoms with van der Waals surface area (Å²) in [5, 5.41) is 6.58. The Hall–Kier alpha value is -2.90. The lowest BCUT2D eigenvalue weighted by Crippen LogP contribution is -2.44. The topological polar surface area (TPSA) is 63.9 Å². The predicted molar refractivity (Wildman–Crippen MR) is 119 cm³/mol. The monoisotopic (exact) mass is 433 g/mol. The molecular formula is C25H26FN4O2+. The van der Waals surface area contributed by atoms with E-state index in [9.17, 15) is 4.39 Å². The van der Waals surface area contributed by atoms with Gasteiger partial charge in [-0.15, -0.1) is 0 Å². The minimum Gasteiger partial charge on any atom is -0.381 e. The molecule has 32 heavy (non-hydrogen) atoms. The summed E-state index contributed by atoms with van der Waals surface area (Å²) in [5.41, 5.74) is 3.84. The summed E-state index contributed by atoms with van der Waals surface area (Å²) in [4.78, 5) is 9.04. The standard InChI is InChI=1S/C25H25FN4O2/c26-20-9-19(12-27-15-20)24-21-10-18-14-29-30(23-3-1-2-6-32-23)22(18)11-17(21)13-28-25(24)16-4-7-31-8-5-16/h9-16,23H,1-8H2/p+1. The molecule has 3 aromatic heterocycles. The van der Waals surface area contributed by atoms with Crippen molar-refractivity contribution in [1.82, 2.24) is 15.1 Å². The van der Waals surface area contributed by atoms with Gasteiger partial charge in [0.2, 0.25) is 5.52 Å². The van der Waals surface area contributed by atoms with Crippen LogP contribution >= 0.6 is 0 Å². The third-order valence-electron chi connectivity index (χ3n) is 6.73. The number of benzene rings is 1. The highest BCUT2D eigenvalue weighted by atomic mass is 19.1. The molecule has 164 valence electrons. The van der Waals surface area contributed by atoms with E-state index in [1.165, 1.54) is 12.6 Å². The molecule has 0 spiro atoms. The van der Waals surface area contributed by atoms with E-state index in [-0.39, 0.29) is 18.0 Å². The van der Waals surface area contributed by atoms with E-state index in [1.54, 1.807) is 12.3 Å². The number of fused-ring (bicyclic) bond motifs is 2. The molecule has 1 N–H and O–H groups in total. The molecule has 5 heterocycles. The van der Waals surface area contributed by atoms with Crippen molar-refractivity contribution < 1.29 is 18.5 Å². The smallest absolute Gasteiger partial charge is 0.286 e. The summed E-state index contributed by atoms with van der Waals surface area (Å²) in [7, 11) is 0. The number of halogens is 1. The van der Waals surface area contributed by atoms with Crippen LogP contribution < -0.4 is 4.68 Å². The molecular weight excluding hydrogens is 407 g/mol. The lowest BCUT2D eigenvalue weighted by molar-refractivity contribution is -0.790. The van der Waals surface area contributed by atoms with Gasteiger partial charge in [0.15, 0.2) is 0 Å². The summed E-state index contributed by atoms with van der Waals surface area (Å²) >= 11 is 0. The molecule has 7 heteroatoms. The van der Waals surface area contributed by atoms with Crippen molar-refractivity contribution in [1.29, 1.82) is 0 Å². The van der Waals surface area contributed by atoms with E-state index in [0.717, 1.165) is 84.0 Å². The lowest BCUT2D eigenvalue weighted by Gasteiger charge is -2.24. The van der Waals surface area contributed by atoms with Gasteiger partial charge in [0, 0.05) is 60.5 Å². The van der Waals surface area contributed by atoms with E-state index in [2.05, 4.69) is 26.9 Å². The van der Waals surface area contributed by atoms with Crippen molar-refractivity contribution in [2.24, 2.45) is 0 Å². The molecule has 0 bridgehead atoms. The van der Waals surface area contributed by atoms with Crippen LogP contribution in [0.1, 0.15) is 49.9 Å². The lowest BCUT2D eigenvalue weighted by atomic mass is 9.88. The highest BCUT2D eigenvalue weighted by Crippen LogP contribution is 2.39. The summed E-state index contributed by atoms with van der Waals surface area (Å²) in [5.74, 6) is -0.0543. The van der Waals surface area contributed by atoms with Gasteiger partial charge in [-0.25, -0.2) is 4.39 Å². The first-order valence-electron chi connectivity index (χ1n) is 11.4. The third-order valence-corrected chi connectivity index (χ3v) is 6.73. The Labute approximate surface area is 185 Å². The highest BCUT2D eigenvalue weighted by molar-refractivity contribution is 6.03. The number of aromatic amines is 1. The van der Waals surface area contributed by atoms with Gasteiger partial charge in [0.1, 0.15) is 5.82 Å². The number of hydrogen-bond donors (Lipinski definition) is 1. The molecule has 2 aliphatic heterocycles. The van der Waals surface area contributed by atoms with Gasteiger partial charge in [0.05, 0.1) is 30.1 Å². The second-order valence-electron chi connectivity index (χ2n) is 8.76. The number of nitrogens with one attached hydrogen (secondary N) is 1. The molecule has 1 unspecified atom stereocenters. The van der Waals surface area contributed by atoms with E-state index in [0.29, 0.717) is 0 Å². The molecule has 1 aromatic carbocycles. The van der Waals surface area contributed by atoms with Crippen LogP contribution in [0.3, 0.4) is 0 Å². The van der Waals surface area contributed by atoms with Crippen molar-refractivity contribution >= 4 is 21.7 Å². The maximum Gasteiger partial charge on any atom is 0.286 e. The third kappa shape index (κ3) is 3.45. The van der Waals surface area contributed by atoms with Crippen LogP contribution in [-0.2, 0) is 9.47 Å². The minimum absolute atomic E-state index is 0.0278. The van der Waals surface area contributed by atoms with Crippen LogP contribution in [-0.4, -0.2) is 34.9 Å². The zero-order valence-corrected chi connectivity index (χ0v) is 17.9. The Morgan fingerprint density at radius 2 is 1.88 bits per heavy atom. The predicted octanol–water partition coefficient (Wildman–Crippen LogP) is 4.80. The number of rotatable bonds is 3. The quantitative estimate of drug-likeness (QED) is 0.472. The van der Waals surface area contributed by atoms with Crippen molar-refractivity contribution in [3.05, 3.63) is 54.5 Å². The summed E-state index contributed by atoms with van der Waals surface area (Å²) in [6, 6.07) is 5.91.